The molecule has 1 saturated heterocycles. The second kappa shape index (κ2) is 7.30. The average molecular weight is 273 g/mol. The van der Waals surface area contributed by atoms with Crippen LogP contribution in [0.5, 0.6) is 0 Å². The molecule has 0 aromatic rings. The fraction of sp³-hybridized carbons (Fsp3) is 0.833. The molecule has 110 valence electrons. The van der Waals surface area contributed by atoms with Gasteiger partial charge in [0.1, 0.15) is 0 Å². The van der Waals surface area contributed by atoms with Gasteiger partial charge in [0.25, 0.3) is 0 Å². The molecule has 1 fully saturated rings. The van der Waals surface area contributed by atoms with E-state index < -0.39 is 12.1 Å². The first-order valence-electron chi connectivity index (χ1n) is 6.48. The number of aliphatic hydroxyl groups excluding tert-OH is 1. The van der Waals surface area contributed by atoms with Crippen molar-refractivity contribution in [3.63, 3.8) is 0 Å². The van der Waals surface area contributed by atoms with Gasteiger partial charge in [-0.2, -0.15) is 0 Å². The summed E-state index contributed by atoms with van der Waals surface area (Å²) >= 11 is 0. The molecule has 1 aliphatic rings. The summed E-state index contributed by atoms with van der Waals surface area (Å²) in [7, 11) is 3.76. The van der Waals surface area contributed by atoms with Crippen LogP contribution in [-0.2, 0) is 4.79 Å². The molecule has 0 radical (unpaired) electrons. The zero-order chi connectivity index (χ0) is 14.4. The number of nitrogens with one attached hydrogen (secondary N) is 1. The predicted molar refractivity (Wildman–Crippen MR) is 69.9 cm³/mol. The number of amides is 2. The largest absolute Gasteiger partial charge is 0.479 e. The fourth-order valence-electron chi connectivity index (χ4n) is 2.12. The molecule has 1 rings (SSSR count). The molecule has 0 aromatic carbocycles. The van der Waals surface area contributed by atoms with Gasteiger partial charge in [-0.25, -0.2) is 9.59 Å². The lowest BCUT2D eigenvalue weighted by atomic mass is 9.97. The maximum atomic E-state index is 11.7. The van der Waals surface area contributed by atoms with Gasteiger partial charge < -0.3 is 25.3 Å². The summed E-state index contributed by atoms with van der Waals surface area (Å²) < 4.78 is 0. The minimum Gasteiger partial charge on any atom is -0.479 e. The first kappa shape index (κ1) is 15.7. The second-order valence-corrected chi connectivity index (χ2v) is 5.17. The molecule has 0 bridgehead atoms. The molecule has 1 heterocycles. The normalized spacial score (nSPS) is 18.9. The number of carboxylic acids is 1. The maximum Gasteiger partial charge on any atom is 0.334 e. The second-order valence-electron chi connectivity index (χ2n) is 5.17. The molecular formula is C12H23N3O4. The SMILES string of the molecule is CN1CCC(CN(C)C(=O)NC[C@H](O)C(=O)O)CC1. The fourth-order valence-corrected chi connectivity index (χ4v) is 2.12. The van der Waals surface area contributed by atoms with E-state index in [4.69, 9.17) is 10.2 Å². The van der Waals surface area contributed by atoms with Crippen molar-refractivity contribution < 1.29 is 19.8 Å². The third-order valence-corrected chi connectivity index (χ3v) is 3.45. The van der Waals surface area contributed by atoms with E-state index in [9.17, 15) is 9.59 Å². The van der Waals surface area contributed by atoms with Gasteiger partial charge in [-0.1, -0.05) is 0 Å². The Bertz CT molecular complexity index is 316. The standard InChI is InChI=1S/C12H23N3O4/c1-14-5-3-9(4-6-14)8-15(2)12(19)13-7-10(16)11(17)18/h9-10,16H,3-8H2,1-2H3,(H,13,19)(H,17,18)/t10-/m0/s1. The number of nitrogens with zero attached hydrogens (tertiary/aromatic N) is 2. The van der Waals surface area contributed by atoms with Gasteiger partial charge in [0.15, 0.2) is 6.10 Å². The summed E-state index contributed by atoms with van der Waals surface area (Å²) in [6.45, 7) is 2.46. The summed E-state index contributed by atoms with van der Waals surface area (Å²) in [5, 5.41) is 20.0. The number of carbonyl (C=O) groups excluding carboxylic acids is 1. The van der Waals surface area contributed by atoms with Crippen molar-refractivity contribution in [1.29, 1.82) is 0 Å². The lowest BCUT2D eigenvalue weighted by Crippen LogP contribution is -2.45. The summed E-state index contributed by atoms with van der Waals surface area (Å²) in [4.78, 5) is 25.9. The Kier molecular flexibility index (Phi) is 6.04. The molecule has 7 heteroatoms. The van der Waals surface area contributed by atoms with E-state index in [0.29, 0.717) is 12.5 Å². The van der Waals surface area contributed by atoms with Crippen molar-refractivity contribution in [3.8, 4) is 0 Å². The molecule has 0 spiro atoms. The van der Waals surface area contributed by atoms with Crippen LogP contribution in [0, 0.1) is 5.92 Å². The lowest BCUT2D eigenvalue weighted by molar-refractivity contribution is -0.146. The lowest BCUT2D eigenvalue weighted by Gasteiger charge is -2.31. The molecular weight excluding hydrogens is 250 g/mol. The Morgan fingerprint density at radius 2 is 2.00 bits per heavy atom. The number of aliphatic carboxylic acids is 1. The first-order chi connectivity index (χ1) is 8.90. The van der Waals surface area contributed by atoms with E-state index in [-0.39, 0.29) is 12.6 Å². The molecule has 19 heavy (non-hydrogen) atoms. The molecule has 7 nitrogen and oxygen atoms in total. The van der Waals surface area contributed by atoms with Gasteiger partial charge in [0.2, 0.25) is 0 Å². The van der Waals surface area contributed by atoms with Crippen LogP contribution in [0.3, 0.4) is 0 Å². The summed E-state index contributed by atoms with van der Waals surface area (Å²) in [5.74, 6) is -0.852. The number of carboxylic acid groups (broad SMARTS) is 1. The van der Waals surface area contributed by atoms with Crippen molar-refractivity contribution in [3.05, 3.63) is 0 Å². The van der Waals surface area contributed by atoms with Crippen LogP contribution in [-0.4, -0.2) is 78.4 Å². The highest BCUT2D eigenvalue weighted by molar-refractivity contribution is 5.76. The molecule has 2 amide bonds. The van der Waals surface area contributed by atoms with Gasteiger partial charge in [0, 0.05) is 13.6 Å². The van der Waals surface area contributed by atoms with E-state index in [1.54, 1.807) is 11.9 Å². The molecule has 0 aliphatic carbocycles. The third kappa shape index (κ3) is 5.44. The van der Waals surface area contributed by atoms with Gasteiger partial charge in [-0.15, -0.1) is 0 Å². The third-order valence-electron chi connectivity index (χ3n) is 3.45. The highest BCUT2D eigenvalue weighted by Gasteiger charge is 2.21. The van der Waals surface area contributed by atoms with Crippen LogP contribution in [0.1, 0.15) is 12.8 Å². The van der Waals surface area contributed by atoms with Crippen molar-refractivity contribution in [2.45, 2.75) is 18.9 Å². The summed E-state index contributed by atoms with van der Waals surface area (Å²) in [5.41, 5.74) is 0. The van der Waals surface area contributed by atoms with Crippen molar-refractivity contribution in [2.75, 3.05) is 40.3 Å². The minimum absolute atomic E-state index is 0.272. The molecule has 0 aromatic heterocycles. The van der Waals surface area contributed by atoms with Gasteiger partial charge in [0.05, 0.1) is 6.54 Å². The first-order valence-corrected chi connectivity index (χ1v) is 6.48. The number of carbonyl (C=O) groups is 2. The Labute approximate surface area is 113 Å². The van der Waals surface area contributed by atoms with Crippen LogP contribution in [0.4, 0.5) is 4.79 Å². The van der Waals surface area contributed by atoms with Gasteiger partial charge >= 0.3 is 12.0 Å². The Morgan fingerprint density at radius 1 is 1.42 bits per heavy atom. The van der Waals surface area contributed by atoms with Gasteiger partial charge in [-0.3, -0.25) is 0 Å². The number of urea groups is 1. The van der Waals surface area contributed by atoms with E-state index in [1.165, 1.54) is 0 Å². The van der Waals surface area contributed by atoms with Crippen molar-refractivity contribution in [2.24, 2.45) is 5.92 Å². The topological polar surface area (TPSA) is 93.1 Å². The quantitative estimate of drug-likeness (QED) is 0.623. The molecule has 1 aliphatic heterocycles. The number of likely N-dealkylation sites (tertiary alicyclic amines) is 1. The maximum absolute atomic E-state index is 11.7. The summed E-state index contributed by atoms with van der Waals surface area (Å²) in [6, 6.07) is -0.348. The van der Waals surface area contributed by atoms with Crippen molar-refractivity contribution >= 4 is 12.0 Å². The highest BCUT2D eigenvalue weighted by Crippen LogP contribution is 2.16. The van der Waals surface area contributed by atoms with Crippen LogP contribution < -0.4 is 5.32 Å². The van der Waals surface area contributed by atoms with E-state index in [0.717, 1.165) is 25.9 Å². The monoisotopic (exact) mass is 273 g/mol. The van der Waals surface area contributed by atoms with Gasteiger partial charge in [-0.05, 0) is 38.9 Å². The van der Waals surface area contributed by atoms with Crippen LogP contribution in [0.15, 0.2) is 0 Å². The molecule has 0 unspecified atom stereocenters. The smallest absolute Gasteiger partial charge is 0.334 e. The van der Waals surface area contributed by atoms with Crippen LogP contribution in [0.2, 0.25) is 0 Å². The minimum atomic E-state index is -1.55. The molecule has 0 saturated carbocycles. The van der Waals surface area contributed by atoms with Crippen LogP contribution in [0.25, 0.3) is 0 Å². The number of hydrogen-bond acceptors (Lipinski definition) is 4. The Morgan fingerprint density at radius 3 is 2.53 bits per heavy atom. The molecule has 3 N–H and O–H groups in total. The predicted octanol–water partition coefficient (Wildman–Crippen LogP) is -0.585. The van der Waals surface area contributed by atoms with E-state index >= 15 is 0 Å². The van der Waals surface area contributed by atoms with Crippen molar-refractivity contribution in [1.82, 2.24) is 15.1 Å². The number of rotatable bonds is 5. The Hall–Kier alpha value is -1.34. The van der Waals surface area contributed by atoms with Crippen LogP contribution >= 0.6 is 0 Å². The zero-order valence-corrected chi connectivity index (χ0v) is 11.5. The average Bonchev–Trinajstić information content (AvgIpc) is 2.37. The number of piperidine rings is 1. The summed E-state index contributed by atoms with van der Waals surface area (Å²) in [6.07, 6.45) is 0.568. The number of aliphatic hydroxyl groups is 1. The van der Waals surface area contributed by atoms with E-state index in [2.05, 4.69) is 17.3 Å². The molecule has 1 atom stereocenters. The Balaban J connectivity index is 2.26. The number of hydrogen-bond donors (Lipinski definition) is 3. The zero-order valence-electron chi connectivity index (χ0n) is 11.5. The highest BCUT2D eigenvalue weighted by atomic mass is 16.4. The van der Waals surface area contributed by atoms with E-state index in [1.807, 2.05) is 0 Å².